The van der Waals surface area contributed by atoms with Crippen LogP contribution in [0.15, 0.2) is 47.5 Å². The number of nitrogens with zero attached hydrogens (tertiary/aromatic N) is 4. The van der Waals surface area contributed by atoms with Crippen molar-refractivity contribution >= 4 is 11.2 Å². The number of hydrogen-bond acceptors (Lipinski definition) is 3. The highest BCUT2D eigenvalue weighted by Crippen LogP contribution is 2.21. The smallest absolute Gasteiger partial charge is 0.286 e. The molecular weight excluding hydrogens is 388 g/mol. The van der Waals surface area contributed by atoms with Crippen molar-refractivity contribution < 1.29 is 17.6 Å². The van der Waals surface area contributed by atoms with Crippen molar-refractivity contribution in [2.24, 2.45) is 0 Å². The quantitative estimate of drug-likeness (QED) is 0.489. The molecule has 0 aliphatic heterocycles. The molecule has 4 aromatic rings. The first-order valence-electron chi connectivity index (χ1n) is 8.75. The van der Waals surface area contributed by atoms with E-state index in [1.807, 2.05) is 6.92 Å². The van der Waals surface area contributed by atoms with Crippen molar-refractivity contribution in [3.05, 3.63) is 87.7 Å². The maximum absolute atomic E-state index is 14.2. The number of rotatable bonds is 4. The van der Waals surface area contributed by atoms with Crippen molar-refractivity contribution in [2.75, 3.05) is 0 Å². The lowest BCUT2D eigenvalue weighted by Gasteiger charge is -2.14. The van der Waals surface area contributed by atoms with E-state index in [-0.39, 0.29) is 22.7 Å². The van der Waals surface area contributed by atoms with Crippen LogP contribution in [0.5, 0.6) is 0 Å². The van der Waals surface area contributed by atoms with E-state index in [2.05, 4.69) is 9.97 Å². The van der Waals surface area contributed by atoms with Crippen molar-refractivity contribution in [1.29, 1.82) is 0 Å². The minimum absolute atomic E-state index is 0.00807. The van der Waals surface area contributed by atoms with Crippen LogP contribution in [-0.4, -0.2) is 19.1 Å². The van der Waals surface area contributed by atoms with Crippen LogP contribution in [0.3, 0.4) is 0 Å². The standard InChI is InChI=1S/C20H14F4N4O/c1-2-27-10-25-18-19(27)26-17(9-14-15(23)7-12(22)8-16(14)24)28(20(18)29)13-5-3-11(21)4-6-13/h3-8,10H,2,9H2,1H3. The summed E-state index contributed by atoms with van der Waals surface area (Å²) < 4.78 is 57.8. The van der Waals surface area contributed by atoms with Crippen LogP contribution in [0.1, 0.15) is 18.3 Å². The van der Waals surface area contributed by atoms with Gasteiger partial charge in [0.25, 0.3) is 5.56 Å². The topological polar surface area (TPSA) is 52.7 Å². The van der Waals surface area contributed by atoms with Gasteiger partial charge >= 0.3 is 0 Å². The minimum atomic E-state index is -1.09. The Bertz CT molecular complexity index is 1260. The number of benzene rings is 2. The van der Waals surface area contributed by atoms with Crippen molar-refractivity contribution in [3.63, 3.8) is 0 Å². The first kappa shape index (κ1) is 18.9. The van der Waals surface area contributed by atoms with Crippen molar-refractivity contribution in [3.8, 4) is 5.69 Å². The number of imidazole rings is 1. The van der Waals surface area contributed by atoms with Gasteiger partial charge in [-0.2, -0.15) is 0 Å². The summed E-state index contributed by atoms with van der Waals surface area (Å²) in [4.78, 5) is 21.6. The fourth-order valence-electron chi connectivity index (χ4n) is 3.14. The van der Waals surface area contributed by atoms with Crippen molar-refractivity contribution in [1.82, 2.24) is 19.1 Å². The molecule has 29 heavy (non-hydrogen) atoms. The summed E-state index contributed by atoms with van der Waals surface area (Å²) in [5, 5.41) is 0. The van der Waals surface area contributed by atoms with E-state index in [9.17, 15) is 22.4 Å². The molecule has 0 aliphatic rings. The molecule has 0 bridgehead atoms. The molecule has 2 aromatic heterocycles. The van der Waals surface area contributed by atoms with Crippen LogP contribution >= 0.6 is 0 Å². The Morgan fingerprint density at radius 2 is 1.62 bits per heavy atom. The Morgan fingerprint density at radius 1 is 0.966 bits per heavy atom. The monoisotopic (exact) mass is 402 g/mol. The molecule has 0 radical (unpaired) electrons. The third kappa shape index (κ3) is 3.28. The molecule has 0 atom stereocenters. The Hall–Kier alpha value is -3.49. The summed E-state index contributed by atoms with van der Waals surface area (Å²) >= 11 is 0. The molecule has 0 aliphatic carbocycles. The molecule has 0 saturated carbocycles. The Morgan fingerprint density at radius 3 is 2.24 bits per heavy atom. The zero-order valence-corrected chi connectivity index (χ0v) is 15.2. The third-order valence-electron chi connectivity index (χ3n) is 4.58. The number of hydrogen-bond donors (Lipinski definition) is 0. The zero-order chi connectivity index (χ0) is 20.7. The van der Waals surface area contributed by atoms with Gasteiger partial charge in [-0.3, -0.25) is 9.36 Å². The Balaban J connectivity index is 1.99. The van der Waals surface area contributed by atoms with Gasteiger partial charge < -0.3 is 4.57 Å². The van der Waals surface area contributed by atoms with E-state index < -0.39 is 40.8 Å². The summed E-state index contributed by atoms with van der Waals surface area (Å²) in [5.74, 6) is -3.73. The highest BCUT2D eigenvalue weighted by Gasteiger charge is 2.20. The molecule has 0 unspecified atom stereocenters. The van der Waals surface area contributed by atoms with Crippen LogP contribution < -0.4 is 5.56 Å². The number of aromatic nitrogens is 4. The lowest BCUT2D eigenvalue weighted by molar-refractivity contribution is 0.525. The van der Waals surface area contributed by atoms with Crippen LogP contribution in [0, 0.1) is 23.3 Å². The van der Waals surface area contributed by atoms with Crippen LogP contribution in [-0.2, 0) is 13.0 Å². The van der Waals surface area contributed by atoms with E-state index >= 15 is 0 Å². The Labute approximate surface area is 161 Å². The van der Waals surface area contributed by atoms with E-state index in [0.717, 1.165) is 16.7 Å². The second kappa shape index (κ2) is 7.16. The van der Waals surface area contributed by atoms with Crippen LogP contribution in [0.2, 0.25) is 0 Å². The average Bonchev–Trinajstić information content (AvgIpc) is 3.09. The van der Waals surface area contributed by atoms with Gasteiger partial charge in [0.1, 0.15) is 29.1 Å². The first-order chi connectivity index (χ1) is 13.9. The van der Waals surface area contributed by atoms with Crippen LogP contribution in [0.4, 0.5) is 17.6 Å². The van der Waals surface area contributed by atoms with Gasteiger partial charge in [-0.25, -0.2) is 27.5 Å². The molecule has 0 amide bonds. The number of aryl methyl sites for hydroxylation is 1. The molecule has 0 N–H and O–H groups in total. The summed E-state index contributed by atoms with van der Waals surface area (Å²) in [7, 11) is 0. The second-order valence-electron chi connectivity index (χ2n) is 6.37. The van der Waals surface area contributed by atoms with Crippen molar-refractivity contribution in [2.45, 2.75) is 19.9 Å². The van der Waals surface area contributed by atoms with E-state index in [4.69, 9.17) is 0 Å². The molecule has 148 valence electrons. The lowest BCUT2D eigenvalue weighted by Crippen LogP contribution is -2.25. The normalized spacial score (nSPS) is 11.3. The third-order valence-corrected chi connectivity index (χ3v) is 4.58. The molecule has 9 heteroatoms. The highest BCUT2D eigenvalue weighted by molar-refractivity contribution is 5.70. The van der Waals surface area contributed by atoms with Gasteiger partial charge in [0, 0.05) is 30.7 Å². The van der Waals surface area contributed by atoms with Gasteiger partial charge in [0.05, 0.1) is 12.0 Å². The van der Waals surface area contributed by atoms with E-state index in [0.29, 0.717) is 18.7 Å². The molecule has 0 spiro atoms. The zero-order valence-electron chi connectivity index (χ0n) is 15.2. The highest BCUT2D eigenvalue weighted by atomic mass is 19.1. The second-order valence-corrected chi connectivity index (χ2v) is 6.37. The summed E-state index contributed by atoms with van der Waals surface area (Å²) in [5.41, 5.74) is -0.411. The average molecular weight is 402 g/mol. The first-order valence-corrected chi connectivity index (χ1v) is 8.75. The maximum atomic E-state index is 14.2. The SMILES string of the molecule is CCn1cnc2c(=O)n(-c3ccc(F)cc3)c(Cc3c(F)cc(F)cc3F)nc21. The summed E-state index contributed by atoms with van der Waals surface area (Å²) in [6.07, 6.45) is 1.02. The molecule has 5 nitrogen and oxygen atoms in total. The maximum Gasteiger partial charge on any atom is 0.286 e. The Kier molecular flexibility index (Phi) is 4.65. The number of halogens is 4. The van der Waals surface area contributed by atoms with E-state index in [1.54, 1.807) is 4.57 Å². The van der Waals surface area contributed by atoms with Gasteiger partial charge in [-0.15, -0.1) is 0 Å². The summed E-state index contributed by atoms with van der Waals surface area (Å²) in [6, 6.07) is 6.13. The van der Waals surface area contributed by atoms with E-state index in [1.165, 1.54) is 18.5 Å². The fourth-order valence-corrected chi connectivity index (χ4v) is 3.14. The van der Waals surface area contributed by atoms with Gasteiger partial charge in [-0.05, 0) is 31.2 Å². The molecule has 2 aromatic carbocycles. The van der Waals surface area contributed by atoms with Gasteiger partial charge in [0.2, 0.25) is 0 Å². The largest absolute Gasteiger partial charge is 0.315 e. The molecule has 4 rings (SSSR count). The lowest BCUT2D eigenvalue weighted by atomic mass is 10.1. The molecule has 0 fully saturated rings. The minimum Gasteiger partial charge on any atom is -0.315 e. The summed E-state index contributed by atoms with van der Waals surface area (Å²) in [6.45, 7) is 2.30. The predicted octanol–water partition coefficient (Wildman–Crippen LogP) is 3.75. The molecular formula is C20H14F4N4O. The van der Waals surface area contributed by atoms with Gasteiger partial charge in [-0.1, -0.05) is 0 Å². The van der Waals surface area contributed by atoms with Crippen LogP contribution in [0.25, 0.3) is 16.9 Å². The number of fused-ring (bicyclic) bond motifs is 1. The molecule has 0 saturated heterocycles. The molecule has 2 heterocycles. The fraction of sp³-hybridized carbons (Fsp3) is 0.150. The van der Waals surface area contributed by atoms with Gasteiger partial charge in [0.15, 0.2) is 11.2 Å². The predicted molar refractivity (Wildman–Crippen MR) is 97.9 cm³/mol.